The number of sulfone groups is 1. The molecule has 3 N–H and O–H groups in total. The van der Waals surface area contributed by atoms with Gasteiger partial charge in [0.15, 0.2) is 9.84 Å². The molecule has 1 fully saturated rings. The fourth-order valence-electron chi connectivity index (χ4n) is 4.70. The maximum absolute atomic E-state index is 14.1. The second-order valence-corrected chi connectivity index (χ2v) is 12.3. The number of nitrogens with one attached hydrogen (secondary N) is 1. The maximum Gasteiger partial charge on any atom is 0.416 e. The number of hydrogen-bond acceptors (Lipinski definition) is 6. The van der Waals surface area contributed by atoms with Crippen LogP contribution in [0.5, 0.6) is 0 Å². The second kappa shape index (κ2) is 10.6. The second-order valence-electron chi connectivity index (χ2n) is 9.25. The van der Waals surface area contributed by atoms with Gasteiger partial charge < -0.3 is 10.7 Å². The summed E-state index contributed by atoms with van der Waals surface area (Å²) < 4.78 is 68.2. The topological polar surface area (TPSA) is 118 Å². The summed E-state index contributed by atoms with van der Waals surface area (Å²) in [5.41, 5.74) is 2.42. The first-order valence-electron chi connectivity index (χ1n) is 11.8. The zero-order valence-electron chi connectivity index (χ0n) is 20.2. The standard InChI is InChI=1S/C24H25Cl2F3N4O4S/c1-2-38(36,37)19-6-5-14(25)8-13(19)10-33-22(34)16-9-18(24(27,28)29)17(20(26)21(16)31-23(33)35)12-32-7-3-4-15(30)11-32/h5-6,8-9,15H,2-4,7,10-12,30H2,1H3,(H,31,35)/t15-/m0/s1. The molecular formula is C24H25Cl2F3N4O4S. The van der Waals surface area contributed by atoms with Crippen LogP contribution in [0.4, 0.5) is 13.2 Å². The SMILES string of the molecule is CCS(=O)(=O)c1ccc(Cl)cc1Cn1c(=O)[nH]c2c(Cl)c(CN3CCC[C@H](N)C3)c(C(F)(F)F)cc2c1=O. The zero-order chi connectivity index (χ0) is 28.0. The van der Waals surface area contributed by atoms with Crippen LogP contribution >= 0.6 is 23.2 Å². The van der Waals surface area contributed by atoms with Gasteiger partial charge in [-0.25, -0.2) is 13.2 Å². The van der Waals surface area contributed by atoms with Crippen molar-refractivity contribution in [2.75, 3.05) is 18.8 Å². The molecule has 206 valence electrons. The largest absolute Gasteiger partial charge is 0.416 e. The number of alkyl halides is 3. The van der Waals surface area contributed by atoms with Crippen LogP contribution < -0.4 is 17.0 Å². The summed E-state index contributed by atoms with van der Waals surface area (Å²) in [6.07, 6.45) is -3.36. The highest BCUT2D eigenvalue weighted by Gasteiger charge is 2.36. The lowest BCUT2D eigenvalue weighted by molar-refractivity contribution is -0.138. The van der Waals surface area contributed by atoms with E-state index in [1.807, 2.05) is 0 Å². The number of likely N-dealkylation sites (tertiary alicyclic amines) is 1. The Kier molecular flexibility index (Phi) is 8.02. The molecule has 1 aromatic heterocycles. The van der Waals surface area contributed by atoms with Gasteiger partial charge in [0.05, 0.1) is 38.7 Å². The highest BCUT2D eigenvalue weighted by molar-refractivity contribution is 7.91. The van der Waals surface area contributed by atoms with E-state index in [2.05, 4.69) is 4.98 Å². The van der Waals surface area contributed by atoms with Crippen molar-refractivity contribution in [2.24, 2.45) is 5.73 Å². The van der Waals surface area contributed by atoms with Crippen molar-refractivity contribution in [3.05, 3.63) is 71.8 Å². The Hall–Kier alpha value is -2.38. The van der Waals surface area contributed by atoms with Gasteiger partial charge in [0.2, 0.25) is 0 Å². The molecule has 2 aromatic carbocycles. The highest BCUT2D eigenvalue weighted by atomic mass is 35.5. The molecule has 8 nitrogen and oxygen atoms in total. The molecule has 0 saturated carbocycles. The van der Waals surface area contributed by atoms with Gasteiger partial charge in [-0.2, -0.15) is 13.2 Å². The fraction of sp³-hybridized carbons (Fsp3) is 0.417. The first kappa shape index (κ1) is 28.6. The molecular weight excluding hydrogens is 568 g/mol. The van der Waals surface area contributed by atoms with E-state index in [0.717, 1.165) is 6.42 Å². The third-order valence-corrected chi connectivity index (χ3v) is 9.10. The summed E-state index contributed by atoms with van der Waals surface area (Å²) in [6.45, 7) is 1.64. The third-order valence-electron chi connectivity index (χ3n) is 6.62. The average Bonchev–Trinajstić information content (AvgIpc) is 2.83. The fourth-order valence-corrected chi connectivity index (χ4v) is 6.32. The van der Waals surface area contributed by atoms with Crippen LogP contribution in [-0.4, -0.2) is 47.8 Å². The summed E-state index contributed by atoms with van der Waals surface area (Å²) in [4.78, 5) is 30.4. The molecule has 2 heterocycles. The minimum Gasteiger partial charge on any atom is -0.327 e. The molecule has 0 bridgehead atoms. The van der Waals surface area contributed by atoms with E-state index in [-0.39, 0.29) is 49.9 Å². The first-order valence-corrected chi connectivity index (χ1v) is 14.2. The van der Waals surface area contributed by atoms with Crippen molar-refractivity contribution in [1.29, 1.82) is 0 Å². The van der Waals surface area contributed by atoms with E-state index in [1.165, 1.54) is 25.1 Å². The van der Waals surface area contributed by atoms with E-state index in [4.69, 9.17) is 28.9 Å². The number of H-pyrrole nitrogens is 1. The number of halogens is 5. The van der Waals surface area contributed by atoms with Crippen LogP contribution in [0, 0.1) is 0 Å². The van der Waals surface area contributed by atoms with E-state index in [0.29, 0.717) is 30.1 Å². The number of nitrogens with two attached hydrogens (primary N) is 1. The molecule has 0 spiro atoms. The van der Waals surface area contributed by atoms with Gasteiger partial charge >= 0.3 is 11.9 Å². The predicted molar refractivity (Wildman–Crippen MR) is 140 cm³/mol. The number of rotatable bonds is 6. The van der Waals surface area contributed by atoms with Gasteiger partial charge in [0.1, 0.15) is 0 Å². The Morgan fingerprint density at radius 2 is 1.87 bits per heavy atom. The minimum atomic E-state index is -4.84. The maximum atomic E-state index is 14.1. The summed E-state index contributed by atoms with van der Waals surface area (Å²) in [5.74, 6) is -0.250. The van der Waals surface area contributed by atoms with Gasteiger partial charge in [-0.3, -0.25) is 14.3 Å². The molecule has 1 atom stereocenters. The van der Waals surface area contributed by atoms with Crippen molar-refractivity contribution in [3.8, 4) is 0 Å². The monoisotopic (exact) mass is 592 g/mol. The van der Waals surface area contributed by atoms with Gasteiger partial charge in [-0.05, 0) is 54.8 Å². The van der Waals surface area contributed by atoms with Crippen molar-refractivity contribution in [2.45, 2.75) is 50.0 Å². The quantitative estimate of drug-likeness (QED) is 0.450. The van der Waals surface area contributed by atoms with Gasteiger partial charge in [-0.1, -0.05) is 30.1 Å². The number of nitrogens with zero attached hydrogens (tertiary/aromatic N) is 2. The average molecular weight is 593 g/mol. The molecule has 4 rings (SSSR count). The van der Waals surface area contributed by atoms with Gasteiger partial charge in [-0.15, -0.1) is 0 Å². The lowest BCUT2D eigenvalue weighted by Gasteiger charge is -2.31. The predicted octanol–water partition coefficient (Wildman–Crippen LogP) is 3.78. The molecule has 38 heavy (non-hydrogen) atoms. The smallest absolute Gasteiger partial charge is 0.327 e. The van der Waals surface area contributed by atoms with Crippen LogP contribution in [0.1, 0.15) is 36.5 Å². The first-order chi connectivity index (χ1) is 17.7. The number of aromatic nitrogens is 2. The van der Waals surface area contributed by atoms with Crippen molar-refractivity contribution in [3.63, 3.8) is 0 Å². The van der Waals surface area contributed by atoms with Crippen LogP contribution in [0.3, 0.4) is 0 Å². The van der Waals surface area contributed by atoms with E-state index >= 15 is 0 Å². The van der Waals surface area contributed by atoms with Crippen molar-refractivity contribution in [1.82, 2.24) is 14.5 Å². The summed E-state index contributed by atoms with van der Waals surface area (Å²) in [6, 6.07) is 4.40. The van der Waals surface area contributed by atoms with Crippen LogP contribution in [0.2, 0.25) is 10.0 Å². The van der Waals surface area contributed by atoms with Gasteiger partial charge in [0.25, 0.3) is 5.56 Å². The molecule has 0 radical (unpaired) electrons. The van der Waals surface area contributed by atoms with E-state index < -0.39 is 44.8 Å². The molecule has 0 unspecified atom stereocenters. The normalized spacial score (nSPS) is 17.3. The molecule has 14 heteroatoms. The molecule has 1 aliphatic heterocycles. The van der Waals surface area contributed by atoms with Crippen LogP contribution in [0.25, 0.3) is 10.9 Å². The number of fused-ring (bicyclic) bond motifs is 1. The molecule has 1 saturated heterocycles. The lowest BCUT2D eigenvalue weighted by atomic mass is 10.0. The van der Waals surface area contributed by atoms with E-state index in [9.17, 15) is 31.2 Å². The summed E-state index contributed by atoms with van der Waals surface area (Å²) in [5, 5.41) is -0.680. The highest BCUT2D eigenvalue weighted by Crippen LogP contribution is 2.39. The van der Waals surface area contributed by atoms with Crippen molar-refractivity contribution < 1.29 is 21.6 Å². The Morgan fingerprint density at radius 3 is 2.50 bits per heavy atom. The lowest BCUT2D eigenvalue weighted by Crippen LogP contribution is -2.42. The number of hydrogen-bond donors (Lipinski definition) is 2. The molecule has 0 aliphatic carbocycles. The number of benzene rings is 2. The number of aromatic amines is 1. The molecule has 1 aliphatic rings. The van der Waals surface area contributed by atoms with Crippen LogP contribution in [-0.2, 0) is 29.1 Å². The Bertz CT molecular complexity index is 1620. The molecule has 3 aromatic rings. The Labute approximate surface area is 226 Å². The Morgan fingerprint density at radius 1 is 1.16 bits per heavy atom. The molecule has 0 amide bonds. The van der Waals surface area contributed by atoms with E-state index in [1.54, 1.807) is 4.90 Å². The third kappa shape index (κ3) is 5.64. The van der Waals surface area contributed by atoms with Crippen LogP contribution in [0.15, 0.2) is 38.8 Å². The number of piperidine rings is 1. The van der Waals surface area contributed by atoms with Gasteiger partial charge in [0, 0.05) is 24.2 Å². The summed E-state index contributed by atoms with van der Waals surface area (Å²) in [7, 11) is -3.76. The zero-order valence-corrected chi connectivity index (χ0v) is 22.6. The van der Waals surface area contributed by atoms with Crippen molar-refractivity contribution >= 4 is 43.9 Å². The Balaban J connectivity index is 1.89. The minimum absolute atomic E-state index is 0.0477. The summed E-state index contributed by atoms with van der Waals surface area (Å²) >= 11 is 12.4.